The summed E-state index contributed by atoms with van der Waals surface area (Å²) in [5.74, 6) is 0.823. The molecule has 1 aliphatic rings. The molecule has 0 bridgehead atoms. The fourth-order valence-corrected chi connectivity index (χ4v) is 3.07. The maximum absolute atomic E-state index is 11.3. The van der Waals surface area contributed by atoms with Gasteiger partial charge in [-0.05, 0) is 44.7 Å². The molecule has 1 aliphatic carbocycles. The molecule has 0 aliphatic heterocycles. The quantitative estimate of drug-likeness (QED) is 0.765. The Hall–Kier alpha value is -2.54. The zero-order chi connectivity index (χ0) is 16.0. The van der Waals surface area contributed by atoms with Crippen LogP contribution >= 0.6 is 0 Å². The predicted molar refractivity (Wildman–Crippen MR) is 81.3 cm³/mol. The van der Waals surface area contributed by atoms with Crippen LogP contribution < -0.4 is 0 Å². The van der Waals surface area contributed by atoms with Gasteiger partial charge >= 0.3 is 0 Å². The van der Waals surface area contributed by atoms with Crippen LogP contribution in [0.4, 0.5) is 0 Å². The summed E-state index contributed by atoms with van der Waals surface area (Å²) in [6, 6.07) is 5.61. The predicted octanol–water partition coefficient (Wildman–Crippen LogP) is 2.12. The highest BCUT2D eigenvalue weighted by molar-refractivity contribution is 5.64. The number of nitrogens with one attached hydrogen (secondary N) is 1. The van der Waals surface area contributed by atoms with E-state index in [0.717, 1.165) is 29.8 Å². The van der Waals surface area contributed by atoms with E-state index in [1.807, 2.05) is 32.0 Å². The van der Waals surface area contributed by atoms with E-state index in [9.17, 15) is 5.11 Å². The molecule has 0 aromatic carbocycles. The van der Waals surface area contributed by atoms with Crippen LogP contribution in [0.15, 0.2) is 28.9 Å². The van der Waals surface area contributed by atoms with Gasteiger partial charge in [0.15, 0.2) is 5.60 Å². The smallest absolute Gasteiger partial charge is 0.154 e. The average Bonchev–Trinajstić information content (AvgIpc) is 3.16. The van der Waals surface area contributed by atoms with Gasteiger partial charge in [-0.25, -0.2) is 4.98 Å². The molecule has 4 rings (SSSR count). The Kier molecular flexibility index (Phi) is 3.05. The summed E-state index contributed by atoms with van der Waals surface area (Å²) < 4.78 is 5.23. The molecule has 3 aromatic heterocycles. The van der Waals surface area contributed by atoms with E-state index in [0.29, 0.717) is 17.1 Å². The van der Waals surface area contributed by atoms with Crippen molar-refractivity contribution in [3.05, 3.63) is 47.2 Å². The molecule has 2 N–H and O–H groups in total. The maximum Gasteiger partial charge on any atom is 0.154 e. The molecule has 0 radical (unpaired) electrons. The molecule has 7 nitrogen and oxygen atoms in total. The van der Waals surface area contributed by atoms with E-state index < -0.39 is 5.60 Å². The minimum Gasteiger partial charge on any atom is -0.377 e. The van der Waals surface area contributed by atoms with E-state index in [4.69, 9.17) is 9.51 Å². The van der Waals surface area contributed by atoms with E-state index in [1.165, 1.54) is 0 Å². The Morgan fingerprint density at radius 1 is 1.26 bits per heavy atom. The van der Waals surface area contributed by atoms with E-state index in [1.54, 1.807) is 6.20 Å². The third kappa shape index (κ3) is 2.16. The van der Waals surface area contributed by atoms with Crippen molar-refractivity contribution in [1.82, 2.24) is 25.6 Å². The lowest BCUT2D eigenvalue weighted by Gasteiger charge is -2.25. The number of hydrogen-bond donors (Lipinski definition) is 2. The largest absolute Gasteiger partial charge is 0.377 e. The lowest BCUT2D eigenvalue weighted by molar-refractivity contribution is 0.0475. The van der Waals surface area contributed by atoms with Crippen molar-refractivity contribution in [2.24, 2.45) is 5.92 Å². The number of nitrogens with zero attached hydrogens (tertiary/aromatic N) is 4. The summed E-state index contributed by atoms with van der Waals surface area (Å²) in [6.07, 6.45) is 3.45. The molecule has 0 saturated heterocycles. The minimum absolute atomic E-state index is 0.111. The SMILES string of the molecule is Cc1noc(C)c1-c1cccc(C(O)(c2cn[nH]n2)C2CC2)n1. The Labute approximate surface area is 132 Å². The van der Waals surface area contributed by atoms with Crippen molar-refractivity contribution >= 4 is 0 Å². The first kappa shape index (κ1) is 14.1. The summed E-state index contributed by atoms with van der Waals surface area (Å²) in [6.45, 7) is 3.74. The molecular formula is C16H17N5O2. The Balaban J connectivity index is 1.85. The molecule has 3 aromatic rings. The number of aromatic amines is 1. The van der Waals surface area contributed by atoms with Crippen molar-refractivity contribution in [3.8, 4) is 11.3 Å². The summed E-state index contributed by atoms with van der Waals surface area (Å²) in [5.41, 5.74) is 2.24. The van der Waals surface area contributed by atoms with Gasteiger partial charge in [0, 0.05) is 0 Å². The van der Waals surface area contributed by atoms with Crippen LogP contribution in [0.25, 0.3) is 11.3 Å². The topological polar surface area (TPSA) is 101 Å². The van der Waals surface area contributed by atoms with Crippen molar-refractivity contribution in [1.29, 1.82) is 0 Å². The number of H-pyrrole nitrogens is 1. The Morgan fingerprint density at radius 2 is 2.09 bits per heavy atom. The summed E-state index contributed by atoms with van der Waals surface area (Å²) in [4.78, 5) is 4.69. The van der Waals surface area contributed by atoms with E-state index in [-0.39, 0.29) is 5.92 Å². The molecule has 3 heterocycles. The van der Waals surface area contributed by atoms with Crippen LogP contribution in [-0.2, 0) is 5.60 Å². The van der Waals surface area contributed by atoms with Crippen molar-refractivity contribution in [2.75, 3.05) is 0 Å². The molecule has 1 saturated carbocycles. The van der Waals surface area contributed by atoms with Gasteiger partial charge < -0.3 is 9.63 Å². The lowest BCUT2D eigenvalue weighted by Crippen LogP contribution is -2.31. The number of hydrogen-bond acceptors (Lipinski definition) is 6. The van der Waals surface area contributed by atoms with Crippen LogP contribution in [0.1, 0.15) is 35.7 Å². The number of aryl methyl sites for hydroxylation is 2. The monoisotopic (exact) mass is 311 g/mol. The molecule has 1 atom stereocenters. The summed E-state index contributed by atoms with van der Waals surface area (Å²) in [5, 5.41) is 25.8. The third-order valence-electron chi connectivity index (χ3n) is 4.40. The summed E-state index contributed by atoms with van der Waals surface area (Å²) >= 11 is 0. The zero-order valence-electron chi connectivity index (χ0n) is 12.9. The standard InChI is InChI=1S/C16H17N5O2/c1-9-15(10(2)23-20-9)12-4-3-5-13(18-12)16(22,11-6-7-11)14-8-17-21-19-14/h3-5,8,11,22H,6-7H2,1-2H3,(H,17,19,21). The van der Waals surface area contributed by atoms with Crippen LogP contribution in [0.2, 0.25) is 0 Å². The third-order valence-corrected chi connectivity index (χ3v) is 4.40. The first-order valence-corrected chi connectivity index (χ1v) is 7.60. The molecule has 1 unspecified atom stereocenters. The van der Waals surface area contributed by atoms with Gasteiger partial charge in [0.05, 0.1) is 28.8 Å². The second-order valence-corrected chi connectivity index (χ2v) is 6.00. The minimum atomic E-state index is -1.22. The molecule has 118 valence electrons. The fraction of sp³-hybridized carbons (Fsp3) is 0.375. The number of aliphatic hydroxyl groups is 1. The first-order chi connectivity index (χ1) is 11.1. The van der Waals surface area contributed by atoms with Gasteiger partial charge in [0.25, 0.3) is 0 Å². The van der Waals surface area contributed by atoms with Crippen LogP contribution in [0, 0.1) is 19.8 Å². The van der Waals surface area contributed by atoms with Gasteiger partial charge in [-0.3, -0.25) is 0 Å². The fourth-order valence-electron chi connectivity index (χ4n) is 3.07. The average molecular weight is 311 g/mol. The molecular weight excluding hydrogens is 294 g/mol. The lowest BCUT2D eigenvalue weighted by atomic mass is 9.89. The highest BCUT2D eigenvalue weighted by Crippen LogP contribution is 2.48. The van der Waals surface area contributed by atoms with Gasteiger partial charge in [-0.2, -0.15) is 15.4 Å². The second-order valence-electron chi connectivity index (χ2n) is 6.00. The maximum atomic E-state index is 11.3. The normalized spacial score (nSPS) is 17.2. The highest BCUT2D eigenvalue weighted by atomic mass is 16.5. The van der Waals surface area contributed by atoms with Gasteiger partial charge in [0.2, 0.25) is 0 Å². The van der Waals surface area contributed by atoms with Gasteiger partial charge in [-0.15, -0.1) is 0 Å². The number of pyridine rings is 1. The van der Waals surface area contributed by atoms with E-state index in [2.05, 4.69) is 20.6 Å². The Bertz CT molecular complexity index is 819. The number of aromatic nitrogens is 5. The highest BCUT2D eigenvalue weighted by Gasteiger charge is 2.49. The molecule has 1 fully saturated rings. The van der Waals surface area contributed by atoms with E-state index >= 15 is 0 Å². The van der Waals surface area contributed by atoms with Crippen LogP contribution in [0.3, 0.4) is 0 Å². The first-order valence-electron chi connectivity index (χ1n) is 7.60. The van der Waals surface area contributed by atoms with Gasteiger partial charge in [-0.1, -0.05) is 11.2 Å². The van der Waals surface area contributed by atoms with Crippen LogP contribution in [-0.4, -0.2) is 30.7 Å². The van der Waals surface area contributed by atoms with Crippen molar-refractivity contribution < 1.29 is 9.63 Å². The summed E-state index contributed by atoms with van der Waals surface area (Å²) in [7, 11) is 0. The molecule has 0 spiro atoms. The van der Waals surface area contributed by atoms with Gasteiger partial charge in [0.1, 0.15) is 11.5 Å². The molecule has 7 heteroatoms. The Morgan fingerprint density at radius 3 is 2.70 bits per heavy atom. The zero-order valence-corrected chi connectivity index (χ0v) is 12.9. The van der Waals surface area contributed by atoms with Crippen molar-refractivity contribution in [2.45, 2.75) is 32.3 Å². The molecule has 23 heavy (non-hydrogen) atoms. The van der Waals surface area contributed by atoms with Crippen LogP contribution in [0.5, 0.6) is 0 Å². The second kappa shape index (κ2) is 4.99. The molecule has 0 amide bonds. The van der Waals surface area contributed by atoms with Crippen molar-refractivity contribution in [3.63, 3.8) is 0 Å². The number of rotatable bonds is 4.